The monoisotopic (exact) mass is 458 g/mol. The van der Waals surface area contributed by atoms with Crippen molar-refractivity contribution in [3.05, 3.63) is 0 Å². The van der Waals surface area contributed by atoms with Gasteiger partial charge in [0.15, 0.2) is 5.25 Å². The zero-order valence-corrected chi connectivity index (χ0v) is 17.3. The number of carbonyl (C=O) groups excluding carboxylic acids is 2. The molecule has 0 rings (SSSR count). The van der Waals surface area contributed by atoms with E-state index in [0.717, 1.165) is 19.3 Å². The summed E-state index contributed by atoms with van der Waals surface area (Å²) in [7, 11) is -4.78. The van der Waals surface area contributed by atoms with E-state index in [-0.39, 0.29) is 72.3 Å². The molecule has 1 atom stereocenters. The second kappa shape index (κ2) is 22.0. The Morgan fingerprint density at radius 2 is 1.34 bits per heavy atom. The van der Waals surface area contributed by atoms with Crippen molar-refractivity contribution in [2.24, 2.45) is 0 Å². The quantitative estimate of drug-likeness (QED) is 0.0881. The first-order valence-corrected chi connectivity index (χ1v) is 11.3. The Morgan fingerprint density at radius 1 is 0.862 bits per heavy atom. The molecule has 0 amide bonds. The van der Waals surface area contributed by atoms with Gasteiger partial charge in [-0.1, -0.05) is 64.7 Å². The molecule has 11 heteroatoms. The summed E-state index contributed by atoms with van der Waals surface area (Å²) in [5.41, 5.74) is 0. The third-order valence-corrected chi connectivity index (χ3v) is 5.06. The molecule has 0 spiro atoms. The van der Waals surface area contributed by atoms with Crippen LogP contribution in [0.15, 0.2) is 0 Å². The Kier molecular flexibility index (Phi) is 26.1. The molecule has 1 N–H and O–H groups in total. The van der Waals surface area contributed by atoms with Gasteiger partial charge in [-0.25, -0.2) is 4.79 Å². The van der Waals surface area contributed by atoms with Crippen molar-refractivity contribution >= 4 is 81.2 Å². The fourth-order valence-corrected chi connectivity index (χ4v) is 3.13. The van der Waals surface area contributed by atoms with E-state index in [1.165, 1.54) is 38.5 Å². The second-order valence-electron chi connectivity index (χ2n) is 6.42. The normalized spacial score (nSPS) is 11.7. The van der Waals surface area contributed by atoms with Gasteiger partial charge < -0.3 is 4.74 Å². The van der Waals surface area contributed by atoms with Gasteiger partial charge in [0.1, 0.15) is 0 Å². The molecule has 0 heterocycles. The summed E-state index contributed by atoms with van der Waals surface area (Å²) in [6, 6.07) is 0. The van der Waals surface area contributed by atoms with Crippen molar-refractivity contribution in [3.8, 4) is 0 Å². The van der Waals surface area contributed by atoms with Crippen LogP contribution in [0.1, 0.15) is 84.5 Å². The van der Waals surface area contributed by atoms with E-state index in [1.54, 1.807) is 6.92 Å². The van der Waals surface area contributed by atoms with Crippen LogP contribution in [0.5, 0.6) is 0 Å². The average Bonchev–Trinajstić information content (AvgIpc) is 2.61. The molecule has 0 aromatic heterocycles. The summed E-state index contributed by atoms with van der Waals surface area (Å²) in [4.78, 5) is 31.9. The van der Waals surface area contributed by atoms with Gasteiger partial charge in [0.25, 0.3) is 10.1 Å². The van der Waals surface area contributed by atoms with Gasteiger partial charge in [-0.05, 0) is 13.3 Å². The minimum atomic E-state index is -4.78. The number of hydrogen-bond donors (Lipinski definition) is 1. The molecular formula is C18H36Na2O8S. The fraction of sp³-hybridized carbons (Fsp3) is 0.889. The molecule has 29 heavy (non-hydrogen) atoms. The van der Waals surface area contributed by atoms with Crippen molar-refractivity contribution in [1.82, 2.24) is 0 Å². The van der Waals surface area contributed by atoms with Crippen LogP contribution >= 0.6 is 0 Å². The zero-order valence-electron chi connectivity index (χ0n) is 16.5. The predicted octanol–water partition coefficient (Wildman–Crippen LogP) is 2.29. The number of rotatable bonds is 17. The average molecular weight is 459 g/mol. The molecule has 0 aliphatic heterocycles. The first-order valence-electron chi connectivity index (χ1n) is 9.78. The third-order valence-electron chi connectivity index (χ3n) is 3.99. The summed E-state index contributed by atoms with van der Waals surface area (Å²) < 4.78 is 36.6. The van der Waals surface area contributed by atoms with Gasteiger partial charge in [-0.3, -0.25) is 14.2 Å². The van der Waals surface area contributed by atoms with E-state index in [2.05, 4.69) is 16.7 Å². The van der Waals surface area contributed by atoms with Crippen LogP contribution in [-0.2, 0) is 34.2 Å². The standard InChI is InChI=1S/C18H34O8S.2Na.2H/c1-3-5-6-7-8-9-10-11-12-13-14-24-18(20)16(27(21,22)23)15-17(19)26-25-4-2;;;;/h16H,3-15H2,1-2H3,(H,21,22,23);;;;. The molecule has 164 valence electrons. The second-order valence-corrected chi connectivity index (χ2v) is 8.02. The van der Waals surface area contributed by atoms with Crippen molar-refractivity contribution < 1.29 is 37.1 Å². The van der Waals surface area contributed by atoms with Gasteiger partial charge in [-0.2, -0.15) is 13.3 Å². The number of unbranched alkanes of at least 4 members (excludes halogenated alkanes) is 9. The van der Waals surface area contributed by atoms with E-state index in [0.29, 0.717) is 6.42 Å². The third kappa shape index (κ3) is 20.5. The number of esters is 1. The molecule has 0 bridgehead atoms. The topological polar surface area (TPSA) is 116 Å². The Morgan fingerprint density at radius 3 is 1.79 bits per heavy atom. The molecule has 8 nitrogen and oxygen atoms in total. The molecule has 0 fully saturated rings. The molecule has 0 aliphatic rings. The number of hydrogen-bond acceptors (Lipinski definition) is 7. The molecule has 0 aromatic carbocycles. The van der Waals surface area contributed by atoms with Crippen LogP contribution < -0.4 is 0 Å². The fourth-order valence-electron chi connectivity index (χ4n) is 2.48. The van der Waals surface area contributed by atoms with Crippen LogP contribution in [0.25, 0.3) is 0 Å². The zero-order chi connectivity index (χ0) is 20.5. The van der Waals surface area contributed by atoms with E-state index < -0.39 is 33.7 Å². The van der Waals surface area contributed by atoms with Gasteiger partial charge in [0, 0.05) is 0 Å². The predicted molar refractivity (Wildman–Crippen MR) is 115 cm³/mol. The summed E-state index contributed by atoms with van der Waals surface area (Å²) in [6.07, 6.45) is 10.3. The SMILES string of the molecule is CCCCCCCCCCCCOC(=O)C(CC(=O)OOCC)S(=O)(=O)O.[NaH].[NaH]. The van der Waals surface area contributed by atoms with E-state index >= 15 is 0 Å². The molecule has 0 radical (unpaired) electrons. The molecular weight excluding hydrogens is 422 g/mol. The van der Waals surface area contributed by atoms with Crippen LogP contribution in [-0.4, -0.2) is 102 Å². The van der Waals surface area contributed by atoms with Gasteiger partial charge >= 0.3 is 71.1 Å². The van der Waals surface area contributed by atoms with Crippen molar-refractivity contribution in [1.29, 1.82) is 0 Å². The Hall–Kier alpha value is 0.810. The van der Waals surface area contributed by atoms with Crippen molar-refractivity contribution in [2.75, 3.05) is 13.2 Å². The molecule has 0 aromatic rings. The summed E-state index contributed by atoms with van der Waals surface area (Å²) in [5, 5.41) is -2.01. The van der Waals surface area contributed by atoms with E-state index in [1.807, 2.05) is 0 Å². The van der Waals surface area contributed by atoms with Crippen LogP contribution in [0.2, 0.25) is 0 Å². The Balaban J connectivity index is -0.00000338. The van der Waals surface area contributed by atoms with E-state index in [9.17, 15) is 18.0 Å². The minimum absolute atomic E-state index is 0. The molecule has 0 saturated carbocycles. The summed E-state index contributed by atoms with van der Waals surface area (Å²) in [6.45, 7) is 3.87. The van der Waals surface area contributed by atoms with Gasteiger partial charge in [0.2, 0.25) is 0 Å². The van der Waals surface area contributed by atoms with Gasteiger partial charge in [0.05, 0.1) is 19.6 Å². The maximum atomic E-state index is 11.8. The van der Waals surface area contributed by atoms with Crippen molar-refractivity contribution in [2.45, 2.75) is 89.7 Å². The maximum absolute atomic E-state index is 11.8. The van der Waals surface area contributed by atoms with E-state index in [4.69, 9.17) is 9.29 Å². The Labute approximate surface area is 219 Å². The van der Waals surface area contributed by atoms with Crippen molar-refractivity contribution in [3.63, 3.8) is 0 Å². The molecule has 0 saturated heterocycles. The van der Waals surface area contributed by atoms with Crippen LogP contribution in [0.3, 0.4) is 0 Å². The van der Waals surface area contributed by atoms with Gasteiger partial charge in [-0.15, -0.1) is 0 Å². The van der Waals surface area contributed by atoms with Crippen LogP contribution in [0, 0.1) is 0 Å². The first kappa shape index (κ1) is 34.4. The van der Waals surface area contributed by atoms with Crippen LogP contribution in [0.4, 0.5) is 0 Å². The Bertz CT molecular complexity index is 514. The first-order chi connectivity index (χ1) is 12.8. The summed E-state index contributed by atoms with van der Waals surface area (Å²) >= 11 is 0. The number of carbonyl (C=O) groups is 2. The molecule has 0 aliphatic carbocycles. The number of ether oxygens (including phenoxy) is 1. The summed E-state index contributed by atoms with van der Waals surface area (Å²) in [5.74, 6) is -2.24. The molecule has 1 unspecified atom stereocenters.